The number of amides is 1. The number of thioether (sulfide) groups is 1. The molecule has 0 fully saturated rings. The number of hydrogen-bond donors (Lipinski definition) is 2. The molecule has 0 aliphatic carbocycles. The molecule has 0 unspecified atom stereocenters. The number of carbonyl (C=O) groups excluding carboxylic acids is 1. The highest BCUT2D eigenvalue weighted by molar-refractivity contribution is 7.99. The van der Waals surface area contributed by atoms with Gasteiger partial charge in [0.05, 0.1) is 16.3 Å². The molecule has 4 nitrogen and oxygen atoms in total. The predicted molar refractivity (Wildman–Crippen MR) is 73.5 cm³/mol. The first-order valence-corrected chi connectivity index (χ1v) is 6.88. The lowest BCUT2D eigenvalue weighted by molar-refractivity contribution is -0.133. The van der Waals surface area contributed by atoms with Crippen molar-refractivity contribution in [3.8, 4) is 0 Å². The van der Waals surface area contributed by atoms with Crippen LogP contribution in [0.15, 0.2) is 18.2 Å². The molecule has 1 aromatic carbocycles. The fraction of sp³-hybridized carbons (Fsp3) is 0.333. The van der Waals surface area contributed by atoms with E-state index in [0.29, 0.717) is 22.9 Å². The van der Waals surface area contributed by atoms with E-state index in [2.05, 4.69) is 5.32 Å². The van der Waals surface area contributed by atoms with Crippen LogP contribution in [-0.2, 0) is 4.79 Å². The molecule has 98 valence electrons. The molecule has 1 amide bonds. The Morgan fingerprint density at radius 1 is 1.44 bits per heavy atom. The molecule has 1 rings (SSSR count). The van der Waals surface area contributed by atoms with E-state index >= 15 is 0 Å². The summed E-state index contributed by atoms with van der Waals surface area (Å²) < 4.78 is 0. The molecule has 0 heterocycles. The zero-order valence-electron chi connectivity index (χ0n) is 9.90. The maximum absolute atomic E-state index is 11.8. The molecule has 6 heteroatoms. The number of carboxylic acid groups (broad SMARTS) is 1. The maximum Gasteiger partial charge on any atom is 0.313 e. The number of carboxylic acids is 1. The third-order valence-corrected chi connectivity index (χ3v) is 3.64. The molecule has 0 aliphatic rings. The van der Waals surface area contributed by atoms with Crippen molar-refractivity contribution in [3.63, 3.8) is 0 Å². The van der Waals surface area contributed by atoms with Gasteiger partial charge in [-0.2, -0.15) is 0 Å². The van der Waals surface area contributed by atoms with Gasteiger partial charge in [0, 0.05) is 12.3 Å². The Labute approximate surface area is 115 Å². The minimum absolute atomic E-state index is 0.0427. The molecule has 0 spiro atoms. The molecule has 0 saturated heterocycles. The van der Waals surface area contributed by atoms with Crippen LogP contribution in [0.4, 0.5) is 0 Å². The monoisotopic (exact) mass is 287 g/mol. The average Bonchev–Trinajstić information content (AvgIpc) is 2.31. The van der Waals surface area contributed by atoms with Gasteiger partial charge in [-0.05, 0) is 18.6 Å². The number of hydrogen-bond acceptors (Lipinski definition) is 3. The Balaban J connectivity index is 2.41. The second-order valence-electron chi connectivity index (χ2n) is 3.64. The van der Waals surface area contributed by atoms with Crippen molar-refractivity contribution in [2.75, 3.05) is 18.1 Å². The van der Waals surface area contributed by atoms with E-state index in [1.165, 1.54) is 11.8 Å². The molecule has 0 bridgehead atoms. The standard InChI is InChI=1S/C12H14ClNO3S/c1-8-3-2-4-9(11(8)13)12(17)14-5-6-18-7-10(15)16/h2-4H,5-7H2,1H3,(H,14,17)(H,15,16). The number of halogens is 1. The van der Waals surface area contributed by atoms with Gasteiger partial charge in [0.15, 0.2) is 0 Å². The van der Waals surface area contributed by atoms with Gasteiger partial charge in [-0.25, -0.2) is 0 Å². The summed E-state index contributed by atoms with van der Waals surface area (Å²) in [6.07, 6.45) is 0. The van der Waals surface area contributed by atoms with Gasteiger partial charge >= 0.3 is 5.97 Å². The van der Waals surface area contributed by atoms with Crippen LogP contribution < -0.4 is 5.32 Å². The van der Waals surface area contributed by atoms with Gasteiger partial charge in [-0.15, -0.1) is 11.8 Å². The zero-order chi connectivity index (χ0) is 13.5. The molecule has 2 N–H and O–H groups in total. The molecule has 0 radical (unpaired) electrons. The van der Waals surface area contributed by atoms with Crippen molar-refractivity contribution >= 4 is 35.2 Å². The molecule has 18 heavy (non-hydrogen) atoms. The van der Waals surface area contributed by atoms with E-state index < -0.39 is 5.97 Å². The van der Waals surface area contributed by atoms with E-state index in [-0.39, 0.29) is 11.7 Å². The number of nitrogens with one attached hydrogen (secondary N) is 1. The topological polar surface area (TPSA) is 66.4 Å². The summed E-state index contributed by atoms with van der Waals surface area (Å²) in [5.41, 5.74) is 1.30. The molecular formula is C12H14ClNO3S. The van der Waals surface area contributed by atoms with Crippen molar-refractivity contribution in [1.82, 2.24) is 5.32 Å². The summed E-state index contributed by atoms with van der Waals surface area (Å²) in [7, 11) is 0. The zero-order valence-corrected chi connectivity index (χ0v) is 11.5. The van der Waals surface area contributed by atoms with Crippen LogP contribution >= 0.6 is 23.4 Å². The van der Waals surface area contributed by atoms with E-state index in [1.54, 1.807) is 12.1 Å². The maximum atomic E-state index is 11.8. The number of benzene rings is 1. The molecule has 1 aromatic rings. The van der Waals surface area contributed by atoms with Crippen molar-refractivity contribution < 1.29 is 14.7 Å². The summed E-state index contributed by atoms with van der Waals surface area (Å²) in [4.78, 5) is 22.1. The van der Waals surface area contributed by atoms with Gasteiger partial charge < -0.3 is 10.4 Å². The quantitative estimate of drug-likeness (QED) is 0.787. The summed E-state index contributed by atoms with van der Waals surface area (Å²) in [6, 6.07) is 5.27. The predicted octanol–water partition coefficient (Wildman–Crippen LogP) is 2.20. The average molecular weight is 288 g/mol. The van der Waals surface area contributed by atoms with Gasteiger partial charge in [0.1, 0.15) is 0 Å². The molecule has 0 saturated carbocycles. The molecular weight excluding hydrogens is 274 g/mol. The Morgan fingerprint density at radius 2 is 2.17 bits per heavy atom. The number of aryl methyl sites for hydroxylation is 1. The van der Waals surface area contributed by atoms with E-state index in [1.807, 2.05) is 13.0 Å². The van der Waals surface area contributed by atoms with Crippen LogP contribution in [0, 0.1) is 6.92 Å². The lowest BCUT2D eigenvalue weighted by atomic mass is 10.1. The minimum Gasteiger partial charge on any atom is -0.481 e. The van der Waals surface area contributed by atoms with Crippen LogP contribution in [0.25, 0.3) is 0 Å². The van der Waals surface area contributed by atoms with E-state index in [4.69, 9.17) is 16.7 Å². The van der Waals surface area contributed by atoms with Gasteiger partial charge in [-0.1, -0.05) is 23.7 Å². The summed E-state index contributed by atoms with van der Waals surface area (Å²) in [6.45, 7) is 2.25. The Bertz CT molecular complexity index is 451. The first-order valence-electron chi connectivity index (χ1n) is 5.35. The summed E-state index contributed by atoms with van der Waals surface area (Å²) >= 11 is 7.28. The largest absolute Gasteiger partial charge is 0.481 e. The van der Waals surface area contributed by atoms with Crippen molar-refractivity contribution in [2.45, 2.75) is 6.92 Å². The second-order valence-corrected chi connectivity index (χ2v) is 5.12. The molecule has 0 atom stereocenters. The van der Waals surface area contributed by atoms with Crippen LogP contribution in [-0.4, -0.2) is 35.0 Å². The van der Waals surface area contributed by atoms with Crippen molar-refractivity contribution in [1.29, 1.82) is 0 Å². The van der Waals surface area contributed by atoms with E-state index in [0.717, 1.165) is 5.56 Å². The minimum atomic E-state index is -0.854. The fourth-order valence-corrected chi connectivity index (χ4v) is 2.09. The number of rotatable bonds is 6. The third kappa shape index (κ3) is 4.58. The smallest absolute Gasteiger partial charge is 0.313 e. The highest BCUT2D eigenvalue weighted by Crippen LogP contribution is 2.19. The second kappa shape index (κ2) is 7.28. The SMILES string of the molecule is Cc1cccc(C(=O)NCCSCC(=O)O)c1Cl. The van der Waals surface area contributed by atoms with Crippen molar-refractivity contribution in [2.24, 2.45) is 0 Å². The van der Waals surface area contributed by atoms with Gasteiger partial charge in [0.2, 0.25) is 0 Å². The lowest BCUT2D eigenvalue weighted by Crippen LogP contribution is -2.26. The number of aliphatic carboxylic acids is 1. The van der Waals surface area contributed by atoms with Crippen LogP contribution in [0.2, 0.25) is 5.02 Å². The van der Waals surface area contributed by atoms with Crippen LogP contribution in [0.1, 0.15) is 15.9 Å². The summed E-state index contributed by atoms with van der Waals surface area (Å²) in [5, 5.41) is 11.6. The number of carbonyl (C=O) groups is 2. The highest BCUT2D eigenvalue weighted by Gasteiger charge is 2.10. The van der Waals surface area contributed by atoms with Crippen LogP contribution in [0.3, 0.4) is 0 Å². The van der Waals surface area contributed by atoms with Gasteiger partial charge in [-0.3, -0.25) is 9.59 Å². The first kappa shape index (κ1) is 14.9. The first-order chi connectivity index (χ1) is 8.52. The fourth-order valence-electron chi connectivity index (χ4n) is 1.31. The highest BCUT2D eigenvalue weighted by atomic mass is 35.5. The Kier molecular flexibility index (Phi) is 6.01. The van der Waals surface area contributed by atoms with Crippen LogP contribution in [0.5, 0.6) is 0 Å². The molecule has 0 aliphatic heterocycles. The lowest BCUT2D eigenvalue weighted by Gasteiger charge is -2.07. The summed E-state index contributed by atoms with van der Waals surface area (Å²) in [5.74, 6) is -0.490. The van der Waals surface area contributed by atoms with Gasteiger partial charge in [0.25, 0.3) is 5.91 Å². The van der Waals surface area contributed by atoms with Crippen molar-refractivity contribution in [3.05, 3.63) is 34.3 Å². The van der Waals surface area contributed by atoms with E-state index in [9.17, 15) is 9.59 Å². The Hall–Kier alpha value is -1.20. The molecule has 0 aromatic heterocycles. The normalized spacial score (nSPS) is 10.1. The Morgan fingerprint density at radius 3 is 2.83 bits per heavy atom. The third-order valence-electron chi connectivity index (χ3n) is 2.19.